The highest BCUT2D eigenvalue weighted by Crippen LogP contribution is 2.24. The van der Waals surface area contributed by atoms with E-state index in [2.05, 4.69) is 0 Å². The zero-order chi connectivity index (χ0) is 16.4. The zero-order valence-corrected chi connectivity index (χ0v) is 11.3. The van der Waals surface area contributed by atoms with Crippen molar-refractivity contribution >= 4 is 11.9 Å². The van der Waals surface area contributed by atoms with Crippen molar-refractivity contribution < 1.29 is 26.7 Å². The van der Waals surface area contributed by atoms with Crippen molar-refractivity contribution in [3.63, 3.8) is 0 Å². The van der Waals surface area contributed by atoms with Gasteiger partial charge in [-0.15, -0.1) is 0 Å². The van der Waals surface area contributed by atoms with Gasteiger partial charge >= 0.3 is 0 Å². The van der Waals surface area contributed by atoms with Gasteiger partial charge in [0.1, 0.15) is 0 Å². The maximum absolute atomic E-state index is 13.5. The predicted molar refractivity (Wildman–Crippen MR) is 70.8 cm³/mol. The average Bonchev–Trinajstić information content (AvgIpc) is 2.51. The fourth-order valence-corrected chi connectivity index (χ4v) is 1.87. The molecule has 0 aliphatic rings. The monoisotopic (exact) mass is 312 g/mol. The van der Waals surface area contributed by atoms with E-state index in [4.69, 9.17) is 0 Å². The molecule has 22 heavy (non-hydrogen) atoms. The standard InChI is InChI=1S/C16H9F5O/c1-8-4-2-3-5-9(8)11(22)7-6-10-12(17)14(19)16(21)15(20)13(10)18/h2-7H,1H3/b7-6+. The summed E-state index contributed by atoms with van der Waals surface area (Å²) < 4.78 is 65.9. The molecule has 0 saturated carbocycles. The van der Waals surface area contributed by atoms with E-state index >= 15 is 0 Å². The number of ketones is 1. The van der Waals surface area contributed by atoms with E-state index < -0.39 is 40.4 Å². The van der Waals surface area contributed by atoms with E-state index in [1.54, 1.807) is 25.1 Å². The Hall–Kier alpha value is -2.50. The van der Waals surface area contributed by atoms with Gasteiger partial charge in [-0.25, -0.2) is 22.0 Å². The van der Waals surface area contributed by atoms with Crippen molar-refractivity contribution in [2.45, 2.75) is 6.92 Å². The second kappa shape index (κ2) is 6.09. The molecular weight excluding hydrogens is 303 g/mol. The van der Waals surface area contributed by atoms with Gasteiger partial charge in [-0.05, 0) is 24.6 Å². The first-order valence-electron chi connectivity index (χ1n) is 6.14. The van der Waals surface area contributed by atoms with Gasteiger partial charge in [-0.3, -0.25) is 4.79 Å². The fourth-order valence-electron chi connectivity index (χ4n) is 1.87. The van der Waals surface area contributed by atoms with E-state index in [1.807, 2.05) is 0 Å². The fraction of sp³-hybridized carbons (Fsp3) is 0.0625. The molecule has 0 saturated heterocycles. The van der Waals surface area contributed by atoms with Crippen LogP contribution in [0.15, 0.2) is 30.3 Å². The highest BCUT2D eigenvalue weighted by atomic mass is 19.2. The summed E-state index contributed by atoms with van der Waals surface area (Å²) in [5, 5.41) is 0. The van der Waals surface area contributed by atoms with Crippen molar-refractivity contribution in [1.82, 2.24) is 0 Å². The molecule has 1 nitrogen and oxygen atoms in total. The molecule has 0 aromatic heterocycles. The topological polar surface area (TPSA) is 17.1 Å². The number of benzene rings is 2. The van der Waals surface area contributed by atoms with Crippen LogP contribution in [-0.4, -0.2) is 5.78 Å². The predicted octanol–water partition coefficient (Wildman–Crippen LogP) is 4.59. The summed E-state index contributed by atoms with van der Waals surface area (Å²) >= 11 is 0. The lowest BCUT2D eigenvalue weighted by Crippen LogP contribution is -2.04. The molecule has 0 radical (unpaired) electrons. The second-order valence-corrected chi connectivity index (χ2v) is 4.50. The molecule has 0 aliphatic carbocycles. The van der Waals surface area contributed by atoms with E-state index in [0.29, 0.717) is 11.6 Å². The molecule has 0 amide bonds. The summed E-state index contributed by atoms with van der Waals surface area (Å²) in [4.78, 5) is 11.9. The van der Waals surface area contributed by atoms with Gasteiger partial charge in [0.25, 0.3) is 0 Å². The molecule has 0 N–H and O–H groups in total. The maximum Gasteiger partial charge on any atom is 0.200 e. The van der Waals surface area contributed by atoms with Gasteiger partial charge in [-0.2, -0.15) is 0 Å². The molecule has 0 unspecified atom stereocenters. The molecule has 0 bridgehead atoms. The normalized spacial score (nSPS) is 11.2. The molecule has 0 heterocycles. The van der Waals surface area contributed by atoms with Crippen molar-refractivity contribution in [3.8, 4) is 0 Å². The highest BCUT2D eigenvalue weighted by Gasteiger charge is 2.24. The minimum absolute atomic E-state index is 0.266. The van der Waals surface area contributed by atoms with Crippen molar-refractivity contribution in [3.05, 3.63) is 76.1 Å². The van der Waals surface area contributed by atoms with Crippen LogP contribution in [0.1, 0.15) is 21.5 Å². The number of hydrogen-bond acceptors (Lipinski definition) is 1. The Balaban J connectivity index is 2.44. The van der Waals surface area contributed by atoms with Crippen LogP contribution in [0.3, 0.4) is 0 Å². The van der Waals surface area contributed by atoms with Crippen LogP contribution < -0.4 is 0 Å². The lowest BCUT2D eigenvalue weighted by molar-refractivity contribution is 0.104. The van der Waals surface area contributed by atoms with Crippen LogP contribution in [0.25, 0.3) is 6.08 Å². The van der Waals surface area contributed by atoms with E-state index in [0.717, 1.165) is 6.08 Å². The molecular formula is C16H9F5O. The molecule has 0 fully saturated rings. The smallest absolute Gasteiger partial charge is 0.200 e. The minimum atomic E-state index is -2.24. The zero-order valence-electron chi connectivity index (χ0n) is 11.3. The van der Waals surface area contributed by atoms with Gasteiger partial charge in [0.2, 0.25) is 5.82 Å². The summed E-state index contributed by atoms with van der Waals surface area (Å²) in [6.45, 7) is 1.65. The summed E-state index contributed by atoms with van der Waals surface area (Å²) in [7, 11) is 0. The molecule has 0 aliphatic heterocycles. The van der Waals surface area contributed by atoms with Gasteiger partial charge in [-0.1, -0.05) is 24.3 Å². The maximum atomic E-state index is 13.5. The van der Waals surface area contributed by atoms with Gasteiger partial charge in [0.15, 0.2) is 29.1 Å². The molecule has 0 atom stereocenters. The number of carbonyl (C=O) groups is 1. The van der Waals surface area contributed by atoms with E-state index in [-0.39, 0.29) is 5.56 Å². The van der Waals surface area contributed by atoms with Crippen LogP contribution in [0.2, 0.25) is 0 Å². The molecule has 0 spiro atoms. The van der Waals surface area contributed by atoms with Crippen LogP contribution in [0, 0.1) is 36.0 Å². The summed E-state index contributed by atoms with van der Waals surface area (Å²) in [6.07, 6.45) is 1.34. The van der Waals surface area contributed by atoms with Gasteiger partial charge in [0, 0.05) is 5.56 Å². The number of halogens is 5. The third-order valence-corrected chi connectivity index (χ3v) is 3.06. The number of aryl methyl sites for hydroxylation is 1. The average molecular weight is 312 g/mol. The lowest BCUT2D eigenvalue weighted by atomic mass is 10.0. The largest absolute Gasteiger partial charge is 0.289 e. The van der Waals surface area contributed by atoms with Crippen LogP contribution in [0.4, 0.5) is 22.0 Å². The first kappa shape index (κ1) is 15.9. The first-order valence-corrected chi connectivity index (χ1v) is 6.14. The Morgan fingerprint density at radius 3 is 1.91 bits per heavy atom. The lowest BCUT2D eigenvalue weighted by Gasteiger charge is -2.04. The Morgan fingerprint density at radius 1 is 0.864 bits per heavy atom. The molecule has 2 aromatic rings. The van der Waals surface area contributed by atoms with Crippen molar-refractivity contribution in [1.29, 1.82) is 0 Å². The van der Waals surface area contributed by atoms with Crippen LogP contribution >= 0.6 is 0 Å². The Kier molecular flexibility index (Phi) is 4.40. The summed E-state index contributed by atoms with van der Waals surface area (Å²) in [5.41, 5.74) is -0.268. The van der Waals surface area contributed by atoms with Gasteiger partial charge < -0.3 is 0 Å². The number of carbonyl (C=O) groups excluding carboxylic acids is 1. The minimum Gasteiger partial charge on any atom is -0.289 e. The third-order valence-electron chi connectivity index (χ3n) is 3.06. The number of hydrogen-bond donors (Lipinski definition) is 0. The molecule has 114 valence electrons. The van der Waals surface area contributed by atoms with Crippen LogP contribution in [0.5, 0.6) is 0 Å². The Labute approximate surface area is 122 Å². The number of rotatable bonds is 3. The highest BCUT2D eigenvalue weighted by molar-refractivity contribution is 6.07. The van der Waals surface area contributed by atoms with E-state index in [1.165, 1.54) is 6.07 Å². The van der Waals surface area contributed by atoms with E-state index in [9.17, 15) is 26.7 Å². The van der Waals surface area contributed by atoms with Gasteiger partial charge in [0.05, 0.1) is 5.56 Å². The molecule has 2 aromatic carbocycles. The van der Waals surface area contributed by atoms with Crippen LogP contribution in [-0.2, 0) is 0 Å². The first-order chi connectivity index (χ1) is 10.3. The Bertz CT molecular complexity index is 751. The SMILES string of the molecule is Cc1ccccc1C(=O)/C=C/c1c(F)c(F)c(F)c(F)c1F. The van der Waals surface area contributed by atoms with Crippen molar-refractivity contribution in [2.75, 3.05) is 0 Å². The second-order valence-electron chi connectivity index (χ2n) is 4.50. The molecule has 6 heteroatoms. The van der Waals surface area contributed by atoms with Crippen molar-refractivity contribution in [2.24, 2.45) is 0 Å². The number of allylic oxidation sites excluding steroid dienone is 1. The summed E-state index contributed by atoms with van der Waals surface area (Å²) in [5.74, 6) is -10.9. The Morgan fingerprint density at radius 2 is 1.36 bits per heavy atom. The summed E-state index contributed by atoms with van der Waals surface area (Å²) in [6, 6.07) is 6.42. The molecule has 2 rings (SSSR count). The quantitative estimate of drug-likeness (QED) is 0.266. The third kappa shape index (κ3) is 2.77.